The highest BCUT2D eigenvalue weighted by Gasteiger charge is 2.05. The van der Waals surface area contributed by atoms with Gasteiger partial charge in [-0.25, -0.2) is 4.98 Å². The van der Waals surface area contributed by atoms with Crippen molar-refractivity contribution in [3.8, 4) is 0 Å². The van der Waals surface area contributed by atoms with Gasteiger partial charge in [0.2, 0.25) is 0 Å². The van der Waals surface area contributed by atoms with Crippen molar-refractivity contribution in [2.75, 3.05) is 6.61 Å². The molecule has 1 heterocycles. The lowest BCUT2D eigenvalue weighted by Gasteiger charge is -2.11. The molecule has 0 radical (unpaired) electrons. The second-order valence-electron chi connectivity index (χ2n) is 4.18. The average Bonchev–Trinajstić information content (AvgIpc) is 2.84. The van der Waals surface area contributed by atoms with Gasteiger partial charge >= 0.3 is 0 Å². The van der Waals surface area contributed by atoms with Crippen LogP contribution in [-0.4, -0.2) is 22.6 Å². The van der Waals surface area contributed by atoms with E-state index in [-0.39, 0.29) is 6.04 Å². The summed E-state index contributed by atoms with van der Waals surface area (Å²) in [5, 5.41) is 0. The Kier molecular flexibility index (Phi) is 5.15. The molecule has 1 atom stereocenters. The molecular formula is C13H16IN3O. The Morgan fingerprint density at radius 2 is 2.11 bits per heavy atom. The van der Waals surface area contributed by atoms with Crippen LogP contribution in [0.4, 0.5) is 0 Å². The van der Waals surface area contributed by atoms with Crippen LogP contribution in [0.15, 0.2) is 36.8 Å². The fourth-order valence-corrected chi connectivity index (χ4v) is 2.01. The largest absolute Gasteiger partial charge is 0.375 e. The molecule has 0 amide bonds. The van der Waals surface area contributed by atoms with Crippen molar-refractivity contribution in [2.24, 2.45) is 5.73 Å². The number of hydrogen-bond donors (Lipinski definition) is 2. The Morgan fingerprint density at radius 1 is 1.33 bits per heavy atom. The van der Waals surface area contributed by atoms with E-state index in [2.05, 4.69) is 56.8 Å². The van der Waals surface area contributed by atoms with Crippen LogP contribution in [-0.2, 0) is 17.8 Å². The maximum absolute atomic E-state index is 5.98. The van der Waals surface area contributed by atoms with Crippen LogP contribution in [0.5, 0.6) is 0 Å². The Morgan fingerprint density at radius 3 is 2.78 bits per heavy atom. The first kappa shape index (κ1) is 13.5. The first-order valence-corrected chi connectivity index (χ1v) is 6.87. The summed E-state index contributed by atoms with van der Waals surface area (Å²) in [4.78, 5) is 6.99. The molecule has 0 unspecified atom stereocenters. The molecule has 1 aromatic heterocycles. The lowest BCUT2D eigenvalue weighted by molar-refractivity contribution is 0.107. The van der Waals surface area contributed by atoms with Crippen LogP contribution in [0.25, 0.3) is 0 Å². The molecule has 1 aromatic carbocycles. The highest BCUT2D eigenvalue weighted by molar-refractivity contribution is 14.1. The molecule has 0 aliphatic heterocycles. The van der Waals surface area contributed by atoms with Gasteiger partial charge in [-0.3, -0.25) is 0 Å². The first-order chi connectivity index (χ1) is 8.74. The van der Waals surface area contributed by atoms with Gasteiger partial charge in [0.1, 0.15) is 0 Å². The number of H-pyrrole nitrogens is 1. The molecule has 0 fully saturated rings. The summed E-state index contributed by atoms with van der Waals surface area (Å²) in [6, 6.07) is 8.28. The molecule has 0 spiro atoms. The molecule has 3 N–H and O–H groups in total. The molecule has 0 bridgehead atoms. The van der Waals surface area contributed by atoms with Gasteiger partial charge in [0.25, 0.3) is 0 Å². The summed E-state index contributed by atoms with van der Waals surface area (Å²) >= 11 is 2.29. The summed E-state index contributed by atoms with van der Waals surface area (Å²) < 4.78 is 6.84. The first-order valence-electron chi connectivity index (χ1n) is 5.79. The molecule has 5 heteroatoms. The predicted octanol–water partition coefficient (Wildman–Crippen LogP) is 2.10. The van der Waals surface area contributed by atoms with E-state index in [4.69, 9.17) is 10.5 Å². The standard InChI is InChI=1S/C13H16IN3O/c14-11-3-1-10(2-4-11)7-18-8-12(15)5-13-6-16-9-17-13/h1-4,6,9,12H,5,7-8,15H2,(H,16,17)/t12-/m1/s1. The van der Waals surface area contributed by atoms with E-state index in [0.29, 0.717) is 13.2 Å². The number of ether oxygens (including phenoxy) is 1. The van der Waals surface area contributed by atoms with E-state index in [1.807, 2.05) is 0 Å². The third-order valence-corrected chi connectivity index (χ3v) is 3.27. The molecule has 0 aliphatic rings. The van der Waals surface area contributed by atoms with Crippen LogP contribution in [0.2, 0.25) is 0 Å². The van der Waals surface area contributed by atoms with E-state index < -0.39 is 0 Å². The number of aromatic amines is 1. The Balaban J connectivity index is 1.70. The molecular weight excluding hydrogens is 341 g/mol. The van der Waals surface area contributed by atoms with Gasteiger partial charge in [0, 0.05) is 27.9 Å². The minimum atomic E-state index is -0.00528. The van der Waals surface area contributed by atoms with Crippen molar-refractivity contribution in [1.82, 2.24) is 9.97 Å². The van der Waals surface area contributed by atoms with Gasteiger partial charge in [-0.15, -0.1) is 0 Å². The van der Waals surface area contributed by atoms with E-state index in [1.165, 1.54) is 9.13 Å². The zero-order chi connectivity index (χ0) is 12.8. The molecule has 96 valence electrons. The maximum atomic E-state index is 5.98. The van der Waals surface area contributed by atoms with Crippen LogP contribution in [0.3, 0.4) is 0 Å². The molecule has 4 nitrogen and oxygen atoms in total. The monoisotopic (exact) mass is 357 g/mol. The van der Waals surface area contributed by atoms with E-state index in [0.717, 1.165) is 12.1 Å². The SMILES string of the molecule is N[C@@H](COCc1ccc(I)cc1)Cc1cnc[nH]1. The average molecular weight is 357 g/mol. The number of halogens is 1. The van der Waals surface area contributed by atoms with Gasteiger partial charge in [-0.1, -0.05) is 12.1 Å². The number of benzene rings is 1. The van der Waals surface area contributed by atoms with E-state index >= 15 is 0 Å². The number of aromatic nitrogens is 2. The summed E-state index contributed by atoms with van der Waals surface area (Å²) in [5.74, 6) is 0. The summed E-state index contributed by atoms with van der Waals surface area (Å²) in [6.45, 7) is 1.15. The Labute approximate surface area is 120 Å². The fraction of sp³-hybridized carbons (Fsp3) is 0.308. The number of hydrogen-bond acceptors (Lipinski definition) is 3. The second kappa shape index (κ2) is 6.86. The smallest absolute Gasteiger partial charge is 0.0921 e. The van der Waals surface area contributed by atoms with Gasteiger partial charge in [0.15, 0.2) is 0 Å². The van der Waals surface area contributed by atoms with Crippen LogP contribution in [0, 0.1) is 3.57 Å². The van der Waals surface area contributed by atoms with Gasteiger partial charge < -0.3 is 15.5 Å². The van der Waals surface area contributed by atoms with Crippen molar-refractivity contribution in [3.63, 3.8) is 0 Å². The van der Waals surface area contributed by atoms with Crippen molar-refractivity contribution < 1.29 is 4.74 Å². The molecule has 0 saturated carbocycles. The molecule has 0 saturated heterocycles. The number of nitrogens with one attached hydrogen (secondary N) is 1. The lowest BCUT2D eigenvalue weighted by Crippen LogP contribution is -2.28. The molecule has 2 rings (SSSR count). The van der Waals surface area contributed by atoms with Crippen LogP contribution in [0.1, 0.15) is 11.3 Å². The van der Waals surface area contributed by atoms with Gasteiger partial charge in [-0.2, -0.15) is 0 Å². The minimum Gasteiger partial charge on any atom is -0.375 e. The number of rotatable bonds is 6. The van der Waals surface area contributed by atoms with Crippen molar-refractivity contribution >= 4 is 22.6 Å². The maximum Gasteiger partial charge on any atom is 0.0921 e. The Hall–Kier alpha value is -0.920. The Bertz CT molecular complexity index is 456. The summed E-state index contributed by atoms with van der Waals surface area (Å²) in [6.07, 6.45) is 4.21. The zero-order valence-corrected chi connectivity index (χ0v) is 12.1. The van der Waals surface area contributed by atoms with Crippen molar-refractivity contribution in [2.45, 2.75) is 19.1 Å². The van der Waals surface area contributed by atoms with E-state index in [1.54, 1.807) is 12.5 Å². The quantitative estimate of drug-likeness (QED) is 0.779. The minimum absolute atomic E-state index is 0.00528. The topological polar surface area (TPSA) is 63.9 Å². The van der Waals surface area contributed by atoms with Gasteiger partial charge in [0.05, 0.1) is 19.5 Å². The number of nitrogens with two attached hydrogens (primary N) is 1. The third kappa shape index (κ3) is 4.40. The molecule has 0 aliphatic carbocycles. The lowest BCUT2D eigenvalue weighted by atomic mass is 10.2. The summed E-state index contributed by atoms with van der Waals surface area (Å²) in [7, 11) is 0. The summed E-state index contributed by atoms with van der Waals surface area (Å²) in [5.41, 5.74) is 8.19. The van der Waals surface area contributed by atoms with E-state index in [9.17, 15) is 0 Å². The molecule has 2 aromatic rings. The second-order valence-corrected chi connectivity index (χ2v) is 5.43. The van der Waals surface area contributed by atoms with Crippen molar-refractivity contribution in [1.29, 1.82) is 0 Å². The van der Waals surface area contributed by atoms with Crippen LogP contribution >= 0.6 is 22.6 Å². The normalized spacial score (nSPS) is 12.6. The van der Waals surface area contributed by atoms with Crippen molar-refractivity contribution in [3.05, 3.63) is 51.6 Å². The fourth-order valence-electron chi connectivity index (χ4n) is 1.65. The number of imidazole rings is 1. The predicted molar refractivity (Wildman–Crippen MR) is 79.1 cm³/mol. The van der Waals surface area contributed by atoms with Crippen LogP contribution < -0.4 is 5.73 Å². The third-order valence-electron chi connectivity index (χ3n) is 2.55. The highest BCUT2D eigenvalue weighted by atomic mass is 127. The molecule has 18 heavy (non-hydrogen) atoms. The highest BCUT2D eigenvalue weighted by Crippen LogP contribution is 2.08. The van der Waals surface area contributed by atoms with Gasteiger partial charge in [-0.05, 0) is 40.3 Å². The zero-order valence-electron chi connectivity index (χ0n) is 9.97. The number of nitrogens with zero attached hydrogens (tertiary/aromatic N) is 1.